The highest BCUT2D eigenvalue weighted by Crippen LogP contribution is 2.25. The molecule has 0 heterocycles. The van der Waals surface area contributed by atoms with E-state index in [9.17, 15) is 0 Å². The lowest BCUT2D eigenvalue weighted by Gasteiger charge is -2.19. The third-order valence-electron chi connectivity index (χ3n) is 3.37. The summed E-state index contributed by atoms with van der Waals surface area (Å²) >= 11 is 0. The van der Waals surface area contributed by atoms with Crippen molar-refractivity contribution in [3.63, 3.8) is 0 Å². The predicted octanol–water partition coefficient (Wildman–Crippen LogP) is 5.28. The molecule has 0 aliphatic carbocycles. The minimum absolute atomic E-state index is 0.326. The zero-order valence-electron chi connectivity index (χ0n) is 13.2. The molecule has 2 heteroatoms. The predicted molar refractivity (Wildman–Crippen MR) is 89.9 cm³/mol. The molecule has 21 heavy (non-hydrogen) atoms. The molecule has 1 unspecified atom stereocenters. The van der Waals surface area contributed by atoms with Gasteiger partial charge in [-0.25, -0.2) is 0 Å². The molecule has 0 radical (unpaired) electrons. The highest BCUT2D eigenvalue weighted by atomic mass is 16.5. The van der Waals surface area contributed by atoms with E-state index in [1.807, 2.05) is 12.1 Å². The van der Waals surface area contributed by atoms with Crippen LogP contribution in [0, 0.1) is 5.92 Å². The van der Waals surface area contributed by atoms with E-state index in [2.05, 4.69) is 68.6 Å². The van der Waals surface area contributed by atoms with Crippen molar-refractivity contribution in [1.82, 2.24) is 0 Å². The minimum atomic E-state index is 0.326. The fraction of sp³-hybridized carbons (Fsp3) is 0.368. The molecular weight excluding hydrogens is 258 g/mol. The van der Waals surface area contributed by atoms with Gasteiger partial charge in [-0.2, -0.15) is 0 Å². The summed E-state index contributed by atoms with van der Waals surface area (Å²) in [5.41, 5.74) is 2.42. The fourth-order valence-electron chi connectivity index (χ4n) is 2.25. The van der Waals surface area contributed by atoms with Crippen LogP contribution in [0.5, 0.6) is 5.75 Å². The van der Waals surface area contributed by atoms with Crippen LogP contribution >= 0.6 is 0 Å². The first-order valence-electron chi connectivity index (χ1n) is 7.73. The van der Waals surface area contributed by atoms with Gasteiger partial charge in [0.1, 0.15) is 5.75 Å². The lowest BCUT2D eigenvalue weighted by atomic mass is 10.0. The highest BCUT2D eigenvalue weighted by molar-refractivity contribution is 5.50. The summed E-state index contributed by atoms with van der Waals surface area (Å²) in [5.74, 6) is 1.46. The Morgan fingerprint density at radius 3 is 2.43 bits per heavy atom. The molecule has 112 valence electrons. The van der Waals surface area contributed by atoms with Crippen LogP contribution in [0.4, 0.5) is 5.69 Å². The normalized spacial score (nSPS) is 12.2. The van der Waals surface area contributed by atoms with Crippen LogP contribution in [-0.4, -0.2) is 6.61 Å². The van der Waals surface area contributed by atoms with Gasteiger partial charge in [-0.05, 0) is 30.0 Å². The quantitative estimate of drug-likeness (QED) is 0.746. The zero-order valence-corrected chi connectivity index (χ0v) is 13.2. The summed E-state index contributed by atoms with van der Waals surface area (Å²) in [5, 5.41) is 3.59. The fourth-order valence-corrected chi connectivity index (χ4v) is 2.25. The summed E-state index contributed by atoms with van der Waals surface area (Å²) in [6.07, 6.45) is 1.04. The topological polar surface area (TPSA) is 21.3 Å². The largest absolute Gasteiger partial charge is 0.493 e. The number of rotatable bonds is 7. The van der Waals surface area contributed by atoms with Crippen LogP contribution < -0.4 is 10.1 Å². The summed E-state index contributed by atoms with van der Waals surface area (Å²) in [6, 6.07) is 19.1. The smallest absolute Gasteiger partial charge is 0.121 e. The van der Waals surface area contributed by atoms with Gasteiger partial charge >= 0.3 is 0 Å². The standard InChI is InChI=1S/C19H25NO/c1-4-19(16-9-6-5-7-10-16)20-17-11-8-12-18(13-17)21-14-15(2)3/h5-13,15,19-20H,4,14H2,1-3H3. The Morgan fingerprint density at radius 2 is 1.76 bits per heavy atom. The SMILES string of the molecule is CCC(Nc1cccc(OCC(C)C)c1)c1ccccc1. The molecule has 0 aliphatic heterocycles. The summed E-state index contributed by atoms with van der Waals surface area (Å²) in [6.45, 7) is 7.26. The Balaban J connectivity index is 2.06. The Morgan fingerprint density at radius 1 is 1.00 bits per heavy atom. The second kappa shape index (κ2) is 7.72. The van der Waals surface area contributed by atoms with Gasteiger partial charge in [0.2, 0.25) is 0 Å². The Kier molecular flexibility index (Phi) is 5.68. The Hall–Kier alpha value is -1.96. The van der Waals surface area contributed by atoms with Crippen molar-refractivity contribution in [2.24, 2.45) is 5.92 Å². The molecule has 0 saturated heterocycles. The number of ether oxygens (including phenoxy) is 1. The van der Waals surface area contributed by atoms with Crippen molar-refractivity contribution in [2.45, 2.75) is 33.2 Å². The van der Waals surface area contributed by atoms with E-state index in [1.165, 1.54) is 5.56 Å². The molecule has 2 aromatic rings. The van der Waals surface area contributed by atoms with Gasteiger partial charge in [-0.15, -0.1) is 0 Å². The Bertz CT molecular complexity index is 536. The van der Waals surface area contributed by atoms with Crippen molar-refractivity contribution < 1.29 is 4.74 Å². The molecule has 2 nitrogen and oxygen atoms in total. The third kappa shape index (κ3) is 4.82. The molecule has 0 aliphatic rings. The van der Waals surface area contributed by atoms with E-state index < -0.39 is 0 Å². The minimum Gasteiger partial charge on any atom is -0.493 e. The van der Waals surface area contributed by atoms with Gasteiger partial charge in [0.15, 0.2) is 0 Å². The van der Waals surface area contributed by atoms with E-state index in [-0.39, 0.29) is 0 Å². The molecule has 0 saturated carbocycles. The van der Waals surface area contributed by atoms with Crippen LogP contribution in [0.15, 0.2) is 54.6 Å². The molecule has 0 bridgehead atoms. The monoisotopic (exact) mass is 283 g/mol. The van der Waals surface area contributed by atoms with Gasteiger partial charge in [0.25, 0.3) is 0 Å². The van der Waals surface area contributed by atoms with Crippen molar-refractivity contribution in [3.05, 3.63) is 60.2 Å². The second-order valence-corrected chi connectivity index (χ2v) is 5.75. The van der Waals surface area contributed by atoms with Crippen LogP contribution in [0.3, 0.4) is 0 Å². The maximum Gasteiger partial charge on any atom is 0.121 e. The highest BCUT2D eigenvalue weighted by Gasteiger charge is 2.09. The van der Waals surface area contributed by atoms with E-state index in [0.717, 1.165) is 24.5 Å². The average molecular weight is 283 g/mol. The average Bonchev–Trinajstić information content (AvgIpc) is 2.52. The van der Waals surface area contributed by atoms with Gasteiger partial charge < -0.3 is 10.1 Å². The molecule has 0 amide bonds. The van der Waals surface area contributed by atoms with E-state index in [1.54, 1.807) is 0 Å². The third-order valence-corrected chi connectivity index (χ3v) is 3.37. The lowest BCUT2D eigenvalue weighted by Crippen LogP contribution is -2.10. The van der Waals surface area contributed by atoms with Crippen molar-refractivity contribution in [2.75, 3.05) is 11.9 Å². The van der Waals surface area contributed by atoms with Gasteiger partial charge in [-0.1, -0.05) is 57.2 Å². The maximum atomic E-state index is 5.79. The molecule has 1 N–H and O–H groups in total. The first-order chi connectivity index (χ1) is 10.2. The molecule has 0 spiro atoms. The summed E-state index contributed by atoms with van der Waals surface area (Å²) in [4.78, 5) is 0. The molecule has 0 aromatic heterocycles. The van der Waals surface area contributed by atoms with Crippen LogP contribution in [0.2, 0.25) is 0 Å². The van der Waals surface area contributed by atoms with Crippen molar-refractivity contribution in [3.8, 4) is 5.75 Å². The van der Waals surface area contributed by atoms with Gasteiger partial charge in [0.05, 0.1) is 12.6 Å². The van der Waals surface area contributed by atoms with Crippen LogP contribution in [-0.2, 0) is 0 Å². The number of anilines is 1. The lowest BCUT2D eigenvalue weighted by molar-refractivity contribution is 0.271. The van der Waals surface area contributed by atoms with E-state index >= 15 is 0 Å². The number of hydrogen-bond donors (Lipinski definition) is 1. The van der Waals surface area contributed by atoms with Crippen LogP contribution in [0.1, 0.15) is 38.8 Å². The van der Waals surface area contributed by atoms with Crippen molar-refractivity contribution >= 4 is 5.69 Å². The van der Waals surface area contributed by atoms with Gasteiger partial charge in [-0.3, -0.25) is 0 Å². The zero-order chi connectivity index (χ0) is 15.1. The Labute approximate surface area is 128 Å². The summed E-state index contributed by atoms with van der Waals surface area (Å²) in [7, 11) is 0. The molecular formula is C19H25NO. The first kappa shape index (κ1) is 15.4. The maximum absolute atomic E-state index is 5.79. The van der Waals surface area contributed by atoms with Gasteiger partial charge in [0, 0.05) is 11.8 Å². The number of benzene rings is 2. The first-order valence-corrected chi connectivity index (χ1v) is 7.73. The number of hydrogen-bond acceptors (Lipinski definition) is 2. The molecule has 2 rings (SSSR count). The van der Waals surface area contributed by atoms with Crippen LogP contribution in [0.25, 0.3) is 0 Å². The second-order valence-electron chi connectivity index (χ2n) is 5.75. The van der Waals surface area contributed by atoms with E-state index in [4.69, 9.17) is 4.74 Å². The summed E-state index contributed by atoms with van der Waals surface area (Å²) < 4.78 is 5.79. The molecule has 0 fully saturated rings. The number of nitrogens with one attached hydrogen (secondary N) is 1. The molecule has 2 aromatic carbocycles. The van der Waals surface area contributed by atoms with E-state index in [0.29, 0.717) is 12.0 Å². The molecule has 1 atom stereocenters. The van der Waals surface area contributed by atoms with Crippen molar-refractivity contribution in [1.29, 1.82) is 0 Å².